The molecule has 0 bridgehead atoms. The highest BCUT2D eigenvalue weighted by Gasteiger charge is 2.18. The summed E-state index contributed by atoms with van der Waals surface area (Å²) in [4.78, 5) is 13.8. The molecule has 5 heteroatoms. The normalized spacial score (nSPS) is 11.2. The predicted molar refractivity (Wildman–Crippen MR) is 101 cm³/mol. The van der Waals surface area contributed by atoms with Crippen LogP contribution in [0.3, 0.4) is 0 Å². The lowest BCUT2D eigenvalue weighted by atomic mass is 10.2. The highest BCUT2D eigenvalue weighted by molar-refractivity contribution is 5.88. The summed E-state index contributed by atoms with van der Waals surface area (Å²) in [5.41, 5.74) is 3.66. The lowest BCUT2D eigenvalue weighted by Gasteiger charge is -2.12. The summed E-state index contributed by atoms with van der Waals surface area (Å²) in [6.07, 6.45) is 1.59. The molecule has 0 atom stereocenters. The molecule has 0 saturated heterocycles. The van der Waals surface area contributed by atoms with Crippen LogP contribution in [-0.2, 0) is 0 Å². The molecule has 2 aromatic heterocycles. The molecule has 2 aromatic carbocycles. The lowest BCUT2D eigenvalue weighted by Crippen LogP contribution is -2.04. The summed E-state index contributed by atoms with van der Waals surface area (Å²) in [6, 6.07) is 20.4. The first-order valence-corrected chi connectivity index (χ1v) is 8.34. The monoisotopic (exact) mass is 329 g/mol. The van der Waals surface area contributed by atoms with Crippen molar-refractivity contribution in [1.82, 2.24) is 19.5 Å². The Hall–Kier alpha value is -3.21. The van der Waals surface area contributed by atoms with Crippen LogP contribution in [0.5, 0.6) is 0 Å². The molecule has 1 N–H and O–H groups in total. The van der Waals surface area contributed by atoms with Crippen molar-refractivity contribution in [3.8, 4) is 11.4 Å². The number of rotatable bonds is 4. The van der Waals surface area contributed by atoms with Gasteiger partial charge in [-0.05, 0) is 26.0 Å². The Morgan fingerprint density at radius 3 is 2.24 bits per heavy atom. The molecular weight excluding hydrogens is 310 g/mol. The Bertz CT molecular complexity index is 991. The van der Waals surface area contributed by atoms with Crippen molar-refractivity contribution in [3.05, 3.63) is 67.0 Å². The van der Waals surface area contributed by atoms with E-state index in [4.69, 9.17) is 4.98 Å². The van der Waals surface area contributed by atoms with Gasteiger partial charge in [-0.3, -0.25) is 0 Å². The van der Waals surface area contributed by atoms with Crippen LogP contribution in [0.4, 0.5) is 11.5 Å². The summed E-state index contributed by atoms with van der Waals surface area (Å²) in [5.74, 6) is 1.62. The van der Waals surface area contributed by atoms with Crippen LogP contribution in [0.2, 0.25) is 0 Å². The van der Waals surface area contributed by atoms with Crippen LogP contribution in [-0.4, -0.2) is 19.5 Å². The topological polar surface area (TPSA) is 55.6 Å². The molecule has 25 heavy (non-hydrogen) atoms. The Morgan fingerprint density at radius 1 is 0.880 bits per heavy atom. The van der Waals surface area contributed by atoms with Gasteiger partial charge in [-0.1, -0.05) is 48.5 Å². The quantitative estimate of drug-likeness (QED) is 0.583. The van der Waals surface area contributed by atoms with Crippen molar-refractivity contribution >= 4 is 22.7 Å². The molecule has 0 aliphatic carbocycles. The molecule has 0 unspecified atom stereocenters. The molecule has 0 fully saturated rings. The van der Waals surface area contributed by atoms with Crippen molar-refractivity contribution in [2.75, 3.05) is 5.32 Å². The summed E-state index contributed by atoms with van der Waals surface area (Å²) < 4.78 is 2.16. The lowest BCUT2D eigenvalue weighted by molar-refractivity contribution is 0.619. The Kier molecular flexibility index (Phi) is 3.90. The van der Waals surface area contributed by atoms with Gasteiger partial charge < -0.3 is 9.88 Å². The molecule has 0 aliphatic heterocycles. The third-order valence-electron chi connectivity index (χ3n) is 4.06. The second-order valence-corrected chi connectivity index (χ2v) is 6.15. The van der Waals surface area contributed by atoms with Gasteiger partial charge in [0.15, 0.2) is 17.0 Å². The van der Waals surface area contributed by atoms with Crippen molar-refractivity contribution in [2.24, 2.45) is 0 Å². The zero-order chi connectivity index (χ0) is 17.2. The minimum atomic E-state index is 0.236. The first kappa shape index (κ1) is 15.3. The molecular formula is C20H19N5. The third kappa shape index (κ3) is 2.85. The number of anilines is 2. The SMILES string of the molecule is CC(C)n1c(-c2ccccc2)nc2c(Nc3ccccc3)ncnc21. The van der Waals surface area contributed by atoms with Gasteiger partial charge in [0.2, 0.25) is 0 Å². The molecule has 0 amide bonds. The highest BCUT2D eigenvalue weighted by atomic mass is 15.2. The van der Waals surface area contributed by atoms with Crippen molar-refractivity contribution in [2.45, 2.75) is 19.9 Å². The van der Waals surface area contributed by atoms with Crippen LogP contribution >= 0.6 is 0 Å². The second kappa shape index (κ2) is 6.36. The van der Waals surface area contributed by atoms with Crippen LogP contribution in [0, 0.1) is 0 Å². The fourth-order valence-electron chi connectivity index (χ4n) is 2.94. The number of fused-ring (bicyclic) bond motifs is 1. The second-order valence-electron chi connectivity index (χ2n) is 6.15. The summed E-state index contributed by atoms with van der Waals surface area (Å²) >= 11 is 0. The fraction of sp³-hybridized carbons (Fsp3) is 0.150. The first-order chi connectivity index (χ1) is 12.2. The molecule has 2 heterocycles. The van der Waals surface area contributed by atoms with Gasteiger partial charge in [0.25, 0.3) is 0 Å². The summed E-state index contributed by atoms with van der Waals surface area (Å²) in [7, 11) is 0. The Balaban J connectivity index is 1.90. The summed E-state index contributed by atoms with van der Waals surface area (Å²) in [6.45, 7) is 4.28. The van der Waals surface area contributed by atoms with Crippen molar-refractivity contribution in [1.29, 1.82) is 0 Å². The van der Waals surface area contributed by atoms with Gasteiger partial charge >= 0.3 is 0 Å². The largest absolute Gasteiger partial charge is 0.338 e. The zero-order valence-corrected chi connectivity index (χ0v) is 14.2. The van der Waals surface area contributed by atoms with Gasteiger partial charge in [0.05, 0.1) is 0 Å². The number of benzene rings is 2. The van der Waals surface area contributed by atoms with Gasteiger partial charge in [0.1, 0.15) is 12.2 Å². The number of imidazole rings is 1. The average Bonchev–Trinajstić information content (AvgIpc) is 3.04. The standard InChI is InChI=1S/C20H19N5/c1-14(2)25-19(15-9-5-3-6-10-15)24-17-18(21-13-22-20(17)25)23-16-11-7-4-8-12-16/h3-14H,1-2H3,(H,21,22,23). The van der Waals surface area contributed by atoms with Crippen LogP contribution in [0.15, 0.2) is 67.0 Å². The third-order valence-corrected chi connectivity index (χ3v) is 4.06. The van der Waals surface area contributed by atoms with E-state index in [0.29, 0.717) is 5.82 Å². The maximum absolute atomic E-state index is 4.88. The molecule has 5 nitrogen and oxygen atoms in total. The van der Waals surface area contributed by atoms with E-state index in [0.717, 1.165) is 28.2 Å². The molecule has 0 saturated carbocycles. The molecule has 124 valence electrons. The van der Waals surface area contributed by atoms with E-state index in [1.54, 1.807) is 6.33 Å². The number of hydrogen-bond donors (Lipinski definition) is 1. The maximum atomic E-state index is 4.88. The van der Waals surface area contributed by atoms with Gasteiger partial charge in [0, 0.05) is 17.3 Å². The number of nitrogens with zero attached hydrogens (tertiary/aromatic N) is 4. The Labute approximate surface area is 146 Å². The van der Waals surface area contributed by atoms with E-state index < -0.39 is 0 Å². The van der Waals surface area contributed by atoms with E-state index >= 15 is 0 Å². The molecule has 0 aliphatic rings. The van der Waals surface area contributed by atoms with E-state index in [1.165, 1.54) is 0 Å². The molecule has 4 aromatic rings. The van der Waals surface area contributed by atoms with Gasteiger partial charge in [-0.25, -0.2) is 15.0 Å². The van der Waals surface area contributed by atoms with Crippen molar-refractivity contribution in [3.63, 3.8) is 0 Å². The molecule has 0 radical (unpaired) electrons. The van der Waals surface area contributed by atoms with Crippen LogP contribution in [0.25, 0.3) is 22.6 Å². The van der Waals surface area contributed by atoms with E-state index in [1.807, 2.05) is 48.5 Å². The minimum Gasteiger partial charge on any atom is -0.338 e. The fourth-order valence-corrected chi connectivity index (χ4v) is 2.94. The first-order valence-electron chi connectivity index (χ1n) is 8.34. The van der Waals surface area contributed by atoms with Crippen LogP contribution < -0.4 is 5.32 Å². The highest BCUT2D eigenvalue weighted by Crippen LogP contribution is 2.30. The van der Waals surface area contributed by atoms with Crippen molar-refractivity contribution < 1.29 is 0 Å². The number of para-hydroxylation sites is 1. The summed E-state index contributed by atoms with van der Waals surface area (Å²) in [5, 5.41) is 3.35. The molecule has 0 spiro atoms. The van der Waals surface area contributed by atoms with Gasteiger partial charge in [-0.2, -0.15) is 0 Å². The molecule has 4 rings (SSSR count). The maximum Gasteiger partial charge on any atom is 0.166 e. The smallest absolute Gasteiger partial charge is 0.166 e. The van der Waals surface area contributed by atoms with E-state index in [-0.39, 0.29) is 6.04 Å². The van der Waals surface area contributed by atoms with E-state index in [2.05, 4.69) is 45.8 Å². The van der Waals surface area contributed by atoms with Crippen LogP contribution in [0.1, 0.15) is 19.9 Å². The van der Waals surface area contributed by atoms with Gasteiger partial charge in [-0.15, -0.1) is 0 Å². The Morgan fingerprint density at radius 2 is 1.56 bits per heavy atom. The van der Waals surface area contributed by atoms with E-state index in [9.17, 15) is 0 Å². The predicted octanol–water partition coefficient (Wildman–Crippen LogP) is 4.82. The number of hydrogen-bond acceptors (Lipinski definition) is 4. The number of nitrogens with one attached hydrogen (secondary N) is 1. The average molecular weight is 329 g/mol. The number of aromatic nitrogens is 4. The zero-order valence-electron chi connectivity index (χ0n) is 14.2. The minimum absolute atomic E-state index is 0.236.